The van der Waals surface area contributed by atoms with E-state index in [1.165, 1.54) is 0 Å². The van der Waals surface area contributed by atoms with Crippen LogP contribution in [-0.4, -0.2) is 35.0 Å². The van der Waals surface area contributed by atoms with Crippen LogP contribution < -0.4 is 5.32 Å². The first-order chi connectivity index (χ1) is 14.7. The number of para-hydroxylation sites is 1. The fraction of sp³-hybridized carbons (Fsp3) is 0.286. The van der Waals surface area contributed by atoms with Crippen LogP contribution in [0.2, 0.25) is 5.02 Å². The smallest absolute Gasteiger partial charge is 0.417 e. The third-order valence-electron chi connectivity index (χ3n) is 4.62. The van der Waals surface area contributed by atoms with Gasteiger partial charge >= 0.3 is 12.1 Å². The first kappa shape index (κ1) is 22.6. The molecule has 0 radical (unpaired) electrons. The van der Waals surface area contributed by atoms with E-state index in [1.54, 1.807) is 6.92 Å². The molecule has 3 aromatic rings. The number of nitrogens with one attached hydrogen (secondary N) is 2. The number of amides is 1. The highest BCUT2D eigenvalue weighted by Crippen LogP contribution is 2.33. The quantitative estimate of drug-likeness (QED) is 0.414. The minimum Gasteiger partial charge on any atom is -0.465 e. The second kappa shape index (κ2) is 9.38. The maximum absolute atomic E-state index is 12.9. The van der Waals surface area contributed by atoms with Gasteiger partial charge in [0.15, 0.2) is 5.92 Å². The van der Waals surface area contributed by atoms with Crippen molar-refractivity contribution >= 4 is 34.4 Å². The zero-order valence-electron chi connectivity index (χ0n) is 16.4. The number of rotatable bonds is 7. The number of hydrogen-bond donors (Lipinski definition) is 2. The minimum atomic E-state index is -4.66. The number of carbonyl (C=O) groups is 2. The van der Waals surface area contributed by atoms with Gasteiger partial charge < -0.3 is 15.0 Å². The summed E-state index contributed by atoms with van der Waals surface area (Å²) in [7, 11) is 0. The Morgan fingerprint density at radius 3 is 2.71 bits per heavy atom. The van der Waals surface area contributed by atoms with Crippen LogP contribution in [0.25, 0.3) is 10.9 Å². The maximum Gasteiger partial charge on any atom is 0.417 e. The molecule has 0 saturated heterocycles. The van der Waals surface area contributed by atoms with Crippen molar-refractivity contribution in [3.05, 3.63) is 64.6 Å². The van der Waals surface area contributed by atoms with Gasteiger partial charge in [-0.05, 0) is 31.0 Å². The van der Waals surface area contributed by atoms with Crippen molar-refractivity contribution in [2.45, 2.75) is 25.4 Å². The summed E-state index contributed by atoms with van der Waals surface area (Å²) >= 11 is 5.94. The Labute approximate surface area is 180 Å². The van der Waals surface area contributed by atoms with E-state index in [1.807, 2.05) is 30.5 Å². The Morgan fingerprint density at radius 2 is 2.03 bits per heavy atom. The van der Waals surface area contributed by atoms with Gasteiger partial charge in [-0.3, -0.25) is 14.6 Å². The monoisotopic (exact) mass is 453 g/mol. The molecular formula is C21H19ClF3N3O3. The van der Waals surface area contributed by atoms with Gasteiger partial charge in [0.1, 0.15) is 0 Å². The molecule has 1 amide bonds. The molecule has 0 spiro atoms. The number of aromatic amines is 1. The fourth-order valence-electron chi connectivity index (χ4n) is 3.15. The number of pyridine rings is 1. The zero-order valence-corrected chi connectivity index (χ0v) is 17.2. The first-order valence-electron chi connectivity index (χ1n) is 9.44. The average Bonchev–Trinajstić information content (AvgIpc) is 3.12. The molecule has 0 unspecified atom stereocenters. The van der Waals surface area contributed by atoms with Crippen LogP contribution in [0, 0.1) is 0 Å². The first-order valence-corrected chi connectivity index (χ1v) is 9.82. The Hall–Kier alpha value is -3.07. The number of halogens is 4. The van der Waals surface area contributed by atoms with E-state index in [2.05, 4.69) is 15.3 Å². The predicted octanol–water partition coefficient (Wildman–Crippen LogP) is 4.24. The molecule has 1 atom stereocenters. The van der Waals surface area contributed by atoms with Gasteiger partial charge in [-0.2, -0.15) is 13.2 Å². The molecule has 164 valence electrons. The van der Waals surface area contributed by atoms with Crippen molar-refractivity contribution < 1.29 is 27.5 Å². The standard InChI is InChI=1S/C21H19ClF3N3O3/c1-2-31-20(30)17(18-15(22)9-13(11-28-18)21(23,24)25)19(29)26-8-7-12-10-27-16-6-4-3-5-14(12)16/h3-6,9-11,17,27H,2,7-8H2,1H3,(H,26,29)/t17-/m1/s1. The summed E-state index contributed by atoms with van der Waals surface area (Å²) in [6.45, 7) is 1.72. The van der Waals surface area contributed by atoms with Gasteiger partial charge in [-0.15, -0.1) is 0 Å². The van der Waals surface area contributed by atoms with E-state index in [0.717, 1.165) is 16.5 Å². The van der Waals surface area contributed by atoms with Crippen LogP contribution in [-0.2, 0) is 26.9 Å². The van der Waals surface area contributed by atoms with E-state index >= 15 is 0 Å². The summed E-state index contributed by atoms with van der Waals surface area (Å²) in [5, 5.41) is 3.18. The van der Waals surface area contributed by atoms with Gasteiger partial charge in [0.05, 0.1) is 22.9 Å². The number of H-pyrrole nitrogens is 1. The Kier molecular flexibility index (Phi) is 6.84. The van der Waals surface area contributed by atoms with E-state index in [-0.39, 0.29) is 18.8 Å². The average molecular weight is 454 g/mol. The summed E-state index contributed by atoms with van der Waals surface area (Å²) < 4.78 is 43.6. The Morgan fingerprint density at radius 1 is 1.29 bits per heavy atom. The molecule has 0 aliphatic carbocycles. The lowest BCUT2D eigenvalue weighted by Gasteiger charge is -2.17. The highest BCUT2D eigenvalue weighted by atomic mass is 35.5. The maximum atomic E-state index is 12.9. The topological polar surface area (TPSA) is 84.1 Å². The van der Waals surface area contributed by atoms with Crippen LogP contribution in [0.3, 0.4) is 0 Å². The normalized spacial score (nSPS) is 12.5. The SMILES string of the molecule is CCOC(=O)[C@@H](C(=O)NCCc1c[nH]c2ccccc12)c1ncc(C(F)(F)F)cc1Cl. The van der Waals surface area contributed by atoms with Crippen molar-refractivity contribution in [1.29, 1.82) is 0 Å². The summed E-state index contributed by atoms with van der Waals surface area (Å²) in [5.74, 6) is -3.29. The van der Waals surface area contributed by atoms with E-state index in [0.29, 0.717) is 18.7 Å². The Balaban J connectivity index is 1.77. The third-order valence-corrected chi connectivity index (χ3v) is 4.93. The lowest BCUT2D eigenvalue weighted by atomic mass is 10.0. The van der Waals surface area contributed by atoms with Gasteiger partial charge in [0.25, 0.3) is 0 Å². The van der Waals surface area contributed by atoms with Crippen LogP contribution in [0.4, 0.5) is 13.2 Å². The molecule has 2 heterocycles. The zero-order chi connectivity index (χ0) is 22.6. The van der Waals surface area contributed by atoms with Crippen LogP contribution in [0.5, 0.6) is 0 Å². The number of aromatic nitrogens is 2. The molecule has 0 aliphatic rings. The molecule has 0 bridgehead atoms. The number of carbonyl (C=O) groups excluding carboxylic acids is 2. The molecule has 31 heavy (non-hydrogen) atoms. The molecule has 0 aliphatic heterocycles. The molecule has 2 aromatic heterocycles. The van der Waals surface area contributed by atoms with Gasteiger partial charge in [-0.25, -0.2) is 0 Å². The second-order valence-electron chi connectivity index (χ2n) is 6.67. The van der Waals surface area contributed by atoms with Crippen molar-refractivity contribution in [2.24, 2.45) is 0 Å². The van der Waals surface area contributed by atoms with Gasteiger partial charge in [-0.1, -0.05) is 29.8 Å². The predicted molar refractivity (Wildman–Crippen MR) is 109 cm³/mol. The number of alkyl halides is 3. The molecule has 10 heteroatoms. The summed E-state index contributed by atoms with van der Waals surface area (Å²) in [4.78, 5) is 31.9. The van der Waals surface area contributed by atoms with Crippen LogP contribution >= 0.6 is 11.6 Å². The van der Waals surface area contributed by atoms with E-state index in [9.17, 15) is 22.8 Å². The van der Waals surface area contributed by atoms with E-state index in [4.69, 9.17) is 16.3 Å². The van der Waals surface area contributed by atoms with Crippen LogP contribution in [0.1, 0.15) is 29.7 Å². The largest absolute Gasteiger partial charge is 0.465 e. The highest BCUT2D eigenvalue weighted by molar-refractivity contribution is 6.32. The number of esters is 1. The number of fused-ring (bicyclic) bond motifs is 1. The van der Waals surface area contributed by atoms with E-state index < -0.39 is 34.6 Å². The molecule has 6 nitrogen and oxygen atoms in total. The molecule has 0 fully saturated rings. The number of nitrogens with zero attached hydrogens (tertiary/aromatic N) is 1. The molecule has 2 N–H and O–H groups in total. The highest BCUT2D eigenvalue weighted by Gasteiger charge is 2.36. The molecule has 1 aromatic carbocycles. The van der Waals surface area contributed by atoms with Gasteiger partial charge in [0.2, 0.25) is 5.91 Å². The lowest BCUT2D eigenvalue weighted by molar-refractivity contribution is -0.148. The van der Waals surface area contributed by atoms with Crippen molar-refractivity contribution in [3.8, 4) is 0 Å². The summed E-state index contributed by atoms with van der Waals surface area (Å²) in [6, 6.07) is 8.29. The summed E-state index contributed by atoms with van der Waals surface area (Å²) in [6.07, 6.45) is -1.82. The van der Waals surface area contributed by atoms with Crippen molar-refractivity contribution in [3.63, 3.8) is 0 Å². The second-order valence-corrected chi connectivity index (χ2v) is 7.08. The molecule has 0 saturated carbocycles. The lowest BCUT2D eigenvalue weighted by Crippen LogP contribution is -2.36. The Bertz CT molecular complexity index is 1100. The van der Waals surface area contributed by atoms with Crippen molar-refractivity contribution in [2.75, 3.05) is 13.2 Å². The number of hydrogen-bond acceptors (Lipinski definition) is 4. The number of ether oxygens (including phenoxy) is 1. The third kappa shape index (κ3) is 5.16. The fourth-order valence-corrected chi connectivity index (χ4v) is 3.42. The van der Waals surface area contributed by atoms with Gasteiger partial charge in [0, 0.05) is 29.8 Å². The van der Waals surface area contributed by atoms with Crippen LogP contribution in [0.15, 0.2) is 42.7 Å². The molecular weight excluding hydrogens is 435 g/mol. The number of benzene rings is 1. The summed E-state index contributed by atoms with van der Waals surface area (Å²) in [5.41, 5.74) is 0.546. The minimum absolute atomic E-state index is 0.0177. The molecule has 3 rings (SSSR count). The van der Waals surface area contributed by atoms with Crippen molar-refractivity contribution in [1.82, 2.24) is 15.3 Å².